The Morgan fingerprint density at radius 2 is 1.87 bits per heavy atom. The lowest BCUT2D eigenvalue weighted by molar-refractivity contribution is -0.385. The van der Waals surface area contributed by atoms with E-state index in [-0.39, 0.29) is 33.5 Å². The third kappa shape index (κ3) is 8.19. The van der Waals surface area contributed by atoms with Crippen LogP contribution in [0, 0.1) is 10.1 Å². The normalized spacial score (nSPS) is 14.1. The largest absolute Gasteiger partial charge is 0.462 e. The molecule has 0 saturated carbocycles. The predicted molar refractivity (Wildman–Crippen MR) is 158 cm³/mol. The number of carbonyl (C=O) groups is 4. The highest BCUT2D eigenvalue weighted by Crippen LogP contribution is 2.38. The Morgan fingerprint density at radius 1 is 1.11 bits per heavy atom. The lowest BCUT2D eigenvalue weighted by Gasteiger charge is -2.13. The van der Waals surface area contributed by atoms with Crippen LogP contribution in [0.25, 0.3) is 6.08 Å². The molecule has 0 aliphatic carbocycles. The van der Waals surface area contributed by atoms with E-state index < -0.39 is 57.7 Å². The molecule has 3 amide bonds. The van der Waals surface area contributed by atoms with Crippen molar-refractivity contribution >= 4 is 63.8 Å². The summed E-state index contributed by atoms with van der Waals surface area (Å²) in [5.74, 6) is -2.62. The van der Waals surface area contributed by atoms with Gasteiger partial charge in [-0.15, -0.1) is 0 Å². The number of amides is 3. The molecular weight excluding hydrogens is 643 g/mol. The Hall–Kier alpha value is -4.89. The highest BCUT2D eigenvalue weighted by Gasteiger charge is 2.36. The number of hydrogen-bond acceptors (Lipinski definition) is 9. The van der Waals surface area contributed by atoms with E-state index in [9.17, 15) is 42.5 Å². The molecule has 1 N–H and O–H groups in total. The lowest BCUT2D eigenvalue weighted by atomic mass is 10.1. The number of nitro benzene ring substituents is 1. The number of ether oxygens (including phenoxy) is 2. The topological polar surface area (TPSA) is 145 Å². The fourth-order valence-corrected chi connectivity index (χ4v) is 4.91. The summed E-state index contributed by atoms with van der Waals surface area (Å²) >= 11 is 6.63. The smallest absolute Gasteiger partial charge is 0.416 e. The Bertz CT molecular complexity index is 1730. The molecule has 11 nitrogen and oxygen atoms in total. The van der Waals surface area contributed by atoms with Crippen LogP contribution in [0.15, 0.2) is 65.6 Å². The predicted octanol–water partition coefficient (Wildman–Crippen LogP) is 7.30. The van der Waals surface area contributed by atoms with Crippen molar-refractivity contribution in [2.75, 3.05) is 18.5 Å². The zero-order valence-corrected chi connectivity index (χ0v) is 24.6. The molecule has 1 fully saturated rings. The van der Waals surface area contributed by atoms with Crippen LogP contribution in [0.3, 0.4) is 0 Å². The van der Waals surface area contributed by atoms with E-state index in [4.69, 9.17) is 21.1 Å². The number of halogens is 4. The molecular formula is C29H21ClF3N3O8S. The number of anilines is 1. The summed E-state index contributed by atoms with van der Waals surface area (Å²) in [4.78, 5) is 61.5. The van der Waals surface area contributed by atoms with Crippen molar-refractivity contribution in [3.05, 3.63) is 97.4 Å². The molecule has 45 heavy (non-hydrogen) atoms. The Labute approximate surface area is 262 Å². The van der Waals surface area contributed by atoms with Crippen LogP contribution < -0.4 is 10.1 Å². The van der Waals surface area contributed by atoms with Crippen LogP contribution in [0.4, 0.5) is 29.3 Å². The molecule has 1 aliphatic heterocycles. The third-order valence-corrected chi connectivity index (χ3v) is 7.19. The highest BCUT2D eigenvalue weighted by atomic mass is 35.5. The second kappa shape index (κ2) is 13.8. The number of hydrogen-bond donors (Lipinski definition) is 1. The fraction of sp³-hybridized carbons (Fsp3) is 0.172. The molecule has 0 aromatic heterocycles. The number of rotatable bonds is 10. The fourth-order valence-electron chi connectivity index (χ4n) is 3.88. The van der Waals surface area contributed by atoms with E-state index in [0.717, 1.165) is 6.07 Å². The van der Waals surface area contributed by atoms with Crippen molar-refractivity contribution in [2.45, 2.75) is 19.5 Å². The van der Waals surface area contributed by atoms with Crippen LogP contribution in [0.1, 0.15) is 34.8 Å². The second-order valence-electron chi connectivity index (χ2n) is 9.26. The maximum Gasteiger partial charge on any atom is 0.416 e. The van der Waals surface area contributed by atoms with Crippen LogP contribution in [0.2, 0.25) is 5.02 Å². The number of carbonyl (C=O) groups excluding carboxylic acids is 4. The number of nitro groups is 1. The molecule has 3 aromatic rings. The van der Waals surface area contributed by atoms with E-state index in [2.05, 4.69) is 5.32 Å². The van der Waals surface area contributed by atoms with Gasteiger partial charge in [0.2, 0.25) is 11.7 Å². The Kier molecular flexibility index (Phi) is 10.1. The van der Waals surface area contributed by atoms with Gasteiger partial charge in [0.05, 0.1) is 32.6 Å². The van der Waals surface area contributed by atoms with E-state index in [1.165, 1.54) is 48.5 Å². The van der Waals surface area contributed by atoms with Gasteiger partial charge in [0.15, 0.2) is 0 Å². The SMILES string of the molecule is CCCOC(=O)c1cc(NC(=O)CN2C(=O)S/C(=C/c3cccc(Oc4ccc(C(F)(F)F)cc4[N+](=O)[O-])c3)C2=O)ccc1Cl. The summed E-state index contributed by atoms with van der Waals surface area (Å²) in [6.45, 7) is 1.36. The quantitative estimate of drug-likeness (QED) is 0.102. The molecule has 0 bridgehead atoms. The molecule has 1 aliphatic rings. The van der Waals surface area contributed by atoms with Crippen LogP contribution >= 0.6 is 23.4 Å². The van der Waals surface area contributed by atoms with E-state index in [1.54, 1.807) is 0 Å². The first kappa shape index (κ1) is 33.0. The number of thioether (sulfide) groups is 1. The van der Waals surface area contributed by atoms with Gasteiger partial charge >= 0.3 is 17.8 Å². The summed E-state index contributed by atoms with van der Waals surface area (Å²) < 4.78 is 49.6. The number of nitrogens with one attached hydrogen (secondary N) is 1. The van der Waals surface area contributed by atoms with Gasteiger partial charge in [-0.25, -0.2) is 4.79 Å². The van der Waals surface area contributed by atoms with Crippen LogP contribution in [-0.2, 0) is 20.5 Å². The summed E-state index contributed by atoms with van der Waals surface area (Å²) in [6.07, 6.45) is -2.88. The van der Waals surface area contributed by atoms with Crippen molar-refractivity contribution in [1.82, 2.24) is 4.90 Å². The zero-order valence-electron chi connectivity index (χ0n) is 23.1. The minimum atomic E-state index is -4.80. The summed E-state index contributed by atoms with van der Waals surface area (Å²) in [5.41, 5.74) is -1.59. The summed E-state index contributed by atoms with van der Waals surface area (Å²) in [7, 11) is 0. The summed E-state index contributed by atoms with van der Waals surface area (Å²) in [6, 6.07) is 11.7. The van der Waals surface area contributed by atoms with E-state index in [1.807, 2.05) is 6.92 Å². The average molecular weight is 664 g/mol. The van der Waals surface area contributed by atoms with E-state index >= 15 is 0 Å². The molecule has 234 valence electrons. The van der Waals surface area contributed by atoms with Crippen LogP contribution in [0.5, 0.6) is 11.5 Å². The number of benzene rings is 3. The van der Waals surface area contributed by atoms with Crippen molar-refractivity contribution in [3.8, 4) is 11.5 Å². The monoisotopic (exact) mass is 663 g/mol. The summed E-state index contributed by atoms with van der Waals surface area (Å²) in [5, 5.41) is 13.3. The van der Waals surface area contributed by atoms with Gasteiger partial charge in [-0.3, -0.25) is 29.4 Å². The first-order valence-corrected chi connectivity index (χ1v) is 14.1. The van der Waals surface area contributed by atoms with Gasteiger partial charge in [0, 0.05) is 11.8 Å². The van der Waals surface area contributed by atoms with Gasteiger partial charge in [0.1, 0.15) is 12.3 Å². The number of esters is 1. The minimum Gasteiger partial charge on any atom is -0.462 e. The van der Waals surface area contributed by atoms with Gasteiger partial charge in [-0.05, 0) is 72.3 Å². The standard InChI is InChI=1S/C29H21ClF3N3O8S/c1-2-10-43-27(39)20-14-18(7-8-21(20)30)34-25(37)15-35-26(38)24(45-28(35)40)12-16-4-3-5-19(11-16)44-23-9-6-17(29(31,32)33)13-22(23)36(41)42/h3-9,11-14H,2,10,15H2,1H3,(H,34,37)/b24-12+. The maximum absolute atomic E-state index is 13.0. The van der Waals surface area contributed by atoms with Crippen molar-refractivity contribution in [3.63, 3.8) is 0 Å². The van der Waals surface area contributed by atoms with Crippen molar-refractivity contribution < 1.29 is 46.7 Å². The molecule has 1 saturated heterocycles. The first-order valence-electron chi connectivity index (χ1n) is 12.9. The lowest BCUT2D eigenvalue weighted by Crippen LogP contribution is -2.36. The van der Waals surface area contributed by atoms with Crippen molar-refractivity contribution in [2.24, 2.45) is 0 Å². The average Bonchev–Trinajstić information content (AvgIpc) is 3.23. The third-order valence-electron chi connectivity index (χ3n) is 5.95. The molecule has 0 atom stereocenters. The van der Waals surface area contributed by atoms with E-state index in [0.29, 0.717) is 40.8 Å². The molecule has 1 heterocycles. The number of imide groups is 1. The zero-order chi connectivity index (χ0) is 32.9. The second-order valence-corrected chi connectivity index (χ2v) is 10.7. The molecule has 16 heteroatoms. The number of nitrogens with zero attached hydrogens (tertiary/aromatic N) is 2. The molecule has 0 radical (unpaired) electrons. The Balaban J connectivity index is 1.45. The van der Waals surface area contributed by atoms with Gasteiger partial charge < -0.3 is 14.8 Å². The van der Waals surface area contributed by atoms with Crippen molar-refractivity contribution in [1.29, 1.82) is 0 Å². The Morgan fingerprint density at radius 3 is 2.56 bits per heavy atom. The van der Waals surface area contributed by atoms with Gasteiger partial charge in [-0.1, -0.05) is 30.7 Å². The first-order chi connectivity index (χ1) is 21.3. The molecule has 3 aromatic carbocycles. The highest BCUT2D eigenvalue weighted by molar-refractivity contribution is 8.18. The maximum atomic E-state index is 13.0. The molecule has 0 spiro atoms. The van der Waals surface area contributed by atoms with Gasteiger partial charge in [0.25, 0.3) is 11.1 Å². The number of alkyl halides is 3. The van der Waals surface area contributed by atoms with Crippen LogP contribution in [-0.4, -0.2) is 46.0 Å². The molecule has 0 unspecified atom stereocenters. The minimum absolute atomic E-state index is 0.00567. The van der Waals surface area contributed by atoms with Gasteiger partial charge in [-0.2, -0.15) is 13.2 Å². The molecule has 4 rings (SSSR count).